The van der Waals surface area contributed by atoms with Crippen molar-refractivity contribution in [1.29, 1.82) is 0 Å². The van der Waals surface area contributed by atoms with Crippen molar-refractivity contribution in [2.75, 3.05) is 5.73 Å². The minimum absolute atomic E-state index is 0.0520. The van der Waals surface area contributed by atoms with E-state index in [4.69, 9.17) is 5.73 Å². The van der Waals surface area contributed by atoms with Crippen LogP contribution in [0.5, 0.6) is 5.75 Å². The predicted molar refractivity (Wildman–Crippen MR) is 39.3 cm³/mol. The maximum absolute atomic E-state index is 11.9. The summed E-state index contributed by atoms with van der Waals surface area (Å²) in [4.78, 5) is 3.55. The summed E-state index contributed by atoms with van der Waals surface area (Å²) < 4.78 is 35.7. The van der Waals surface area contributed by atoms with Crippen LogP contribution in [-0.4, -0.2) is 13.4 Å². The Hall–Kier alpha value is -1.37. The molecule has 0 saturated heterocycles. The molecular formula is C5H5FN2O3S. The van der Waals surface area contributed by atoms with E-state index in [9.17, 15) is 12.3 Å². The highest BCUT2D eigenvalue weighted by atomic mass is 32.3. The molecule has 0 radical (unpaired) electrons. The Kier molecular flexibility index (Phi) is 2.13. The lowest BCUT2D eigenvalue weighted by atomic mass is 10.4. The predicted octanol–water partition coefficient (Wildman–Crippen LogP) is 0.257. The highest BCUT2D eigenvalue weighted by Crippen LogP contribution is 2.14. The van der Waals surface area contributed by atoms with Crippen LogP contribution in [0.2, 0.25) is 0 Å². The topological polar surface area (TPSA) is 82.3 Å². The first-order chi connectivity index (χ1) is 5.47. The molecule has 0 amide bonds. The van der Waals surface area contributed by atoms with Crippen LogP contribution in [0.25, 0.3) is 0 Å². The van der Waals surface area contributed by atoms with Crippen molar-refractivity contribution in [3.63, 3.8) is 0 Å². The third-order valence-corrected chi connectivity index (χ3v) is 1.34. The fraction of sp³-hybridized carbons (Fsp3) is 0. The van der Waals surface area contributed by atoms with Gasteiger partial charge >= 0.3 is 10.5 Å². The van der Waals surface area contributed by atoms with Gasteiger partial charge in [0.1, 0.15) is 5.82 Å². The summed E-state index contributed by atoms with van der Waals surface area (Å²) in [6, 6.07) is 2.27. The summed E-state index contributed by atoms with van der Waals surface area (Å²) in [7, 11) is -4.98. The molecule has 0 bridgehead atoms. The lowest BCUT2D eigenvalue weighted by Crippen LogP contribution is -2.01. The number of nitrogens with two attached hydrogens (primary N) is 1. The average molecular weight is 192 g/mol. The SMILES string of the molecule is Nc1cc(OS(=O)(=O)F)ccn1. The van der Waals surface area contributed by atoms with Crippen LogP contribution < -0.4 is 9.92 Å². The summed E-state index contributed by atoms with van der Waals surface area (Å²) in [5.74, 6) is -0.152. The molecule has 1 aromatic heterocycles. The molecular weight excluding hydrogens is 187 g/mol. The van der Waals surface area contributed by atoms with Gasteiger partial charge in [-0.25, -0.2) is 4.98 Å². The van der Waals surface area contributed by atoms with Crippen LogP contribution in [0.15, 0.2) is 18.3 Å². The van der Waals surface area contributed by atoms with Gasteiger partial charge in [-0.3, -0.25) is 0 Å². The second-order valence-corrected chi connectivity index (χ2v) is 2.85. The molecule has 5 nitrogen and oxygen atoms in total. The summed E-state index contributed by atoms with van der Waals surface area (Å²) in [6.45, 7) is 0. The minimum atomic E-state index is -4.98. The molecule has 2 N–H and O–H groups in total. The Bertz CT molecular complexity index is 378. The van der Waals surface area contributed by atoms with E-state index in [0.29, 0.717) is 0 Å². The van der Waals surface area contributed by atoms with Crippen LogP contribution in [-0.2, 0) is 10.5 Å². The van der Waals surface area contributed by atoms with Crippen molar-refractivity contribution < 1.29 is 16.5 Å². The molecule has 0 aliphatic rings. The Balaban J connectivity index is 2.91. The molecule has 1 heterocycles. The first kappa shape index (κ1) is 8.72. The van der Waals surface area contributed by atoms with E-state index in [-0.39, 0.29) is 11.6 Å². The number of rotatable bonds is 2. The second kappa shape index (κ2) is 2.94. The Labute approximate surface area is 68.4 Å². The van der Waals surface area contributed by atoms with E-state index in [2.05, 4.69) is 9.17 Å². The molecule has 0 unspecified atom stereocenters. The second-order valence-electron chi connectivity index (χ2n) is 1.89. The van der Waals surface area contributed by atoms with Gasteiger partial charge in [0, 0.05) is 18.3 Å². The van der Waals surface area contributed by atoms with Crippen LogP contribution in [0.3, 0.4) is 0 Å². The molecule has 0 spiro atoms. The number of nitrogen functional groups attached to an aromatic ring is 1. The van der Waals surface area contributed by atoms with E-state index in [1.54, 1.807) is 0 Å². The number of halogens is 1. The zero-order chi connectivity index (χ0) is 9.19. The summed E-state index contributed by atoms with van der Waals surface area (Å²) >= 11 is 0. The van der Waals surface area contributed by atoms with Crippen LogP contribution in [0.4, 0.5) is 9.70 Å². The summed E-state index contributed by atoms with van der Waals surface area (Å²) in [5, 5.41) is 0. The van der Waals surface area contributed by atoms with Crippen molar-refractivity contribution in [1.82, 2.24) is 4.98 Å². The normalized spacial score (nSPS) is 11.1. The van der Waals surface area contributed by atoms with E-state index in [1.807, 2.05) is 0 Å². The van der Waals surface area contributed by atoms with Crippen LogP contribution >= 0.6 is 0 Å². The molecule has 1 rings (SSSR count). The highest BCUT2D eigenvalue weighted by molar-refractivity contribution is 7.81. The first-order valence-corrected chi connectivity index (χ1v) is 4.14. The van der Waals surface area contributed by atoms with Gasteiger partial charge in [0.25, 0.3) is 0 Å². The summed E-state index contributed by atoms with van der Waals surface area (Å²) in [6.07, 6.45) is 1.20. The Morgan fingerprint density at radius 3 is 2.75 bits per heavy atom. The highest BCUT2D eigenvalue weighted by Gasteiger charge is 2.08. The van der Waals surface area contributed by atoms with E-state index in [1.165, 1.54) is 12.3 Å². The Morgan fingerprint density at radius 2 is 2.25 bits per heavy atom. The molecule has 12 heavy (non-hydrogen) atoms. The molecule has 0 saturated carbocycles. The molecule has 1 aromatic rings. The molecule has 0 atom stereocenters. The number of anilines is 1. The smallest absolute Gasteiger partial charge is 0.384 e. The van der Waals surface area contributed by atoms with Gasteiger partial charge in [0.05, 0.1) is 0 Å². The zero-order valence-electron chi connectivity index (χ0n) is 5.77. The number of hydrogen-bond donors (Lipinski definition) is 1. The average Bonchev–Trinajstić information content (AvgIpc) is 1.82. The van der Waals surface area contributed by atoms with Gasteiger partial charge in [0.2, 0.25) is 0 Å². The lowest BCUT2D eigenvalue weighted by Gasteiger charge is -1.98. The van der Waals surface area contributed by atoms with Gasteiger partial charge < -0.3 is 9.92 Å². The van der Waals surface area contributed by atoms with E-state index in [0.717, 1.165) is 6.07 Å². The molecule has 0 aromatic carbocycles. The molecule has 66 valence electrons. The fourth-order valence-corrected chi connectivity index (χ4v) is 0.928. The summed E-state index contributed by atoms with van der Waals surface area (Å²) in [5.41, 5.74) is 5.17. The van der Waals surface area contributed by atoms with Crippen LogP contribution in [0, 0.1) is 0 Å². The van der Waals surface area contributed by atoms with Gasteiger partial charge in [-0.2, -0.15) is 8.42 Å². The number of aromatic nitrogens is 1. The van der Waals surface area contributed by atoms with Gasteiger partial charge in [-0.15, -0.1) is 0 Å². The third-order valence-electron chi connectivity index (χ3n) is 0.948. The van der Waals surface area contributed by atoms with Crippen molar-refractivity contribution in [3.05, 3.63) is 18.3 Å². The maximum atomic E-state index is 11.9. The third kappa shape index (κ3) is 2.70. The van der Waals surface area contributed by atoms with E-state index < -0.39 is 10.5 Å². The quantitative estimate of drug-likeness (QED) is 0.679. The Morgan fingerprint density at radius 1 is 1.58 bits per heavy atom. The first-order valence-electron chi connectivity index (χ1n) is 2.83. The van der Waals surface area contributed by atoms with Crippen molar-refractivity contribution in [3.8, 4) is 5.75 Å². The van der Waals surface area contributed by atoms with Crippen molar-refractivity contribution >= 4 is 16.3 Å². The lowest BCUT2D eigenvalue weighted by molar-refractivity contribution is 0.440. The fourth-order valence-electron chi connectivity index (χ4n) is 0.595. The van der Waals surface area contributed by atoms with Crippen molar-refractivity contribution in [2.24, 2.45) is 0 Å². The van der Waals surface area contributed by atoms with Crippen molar-refractivity contribution in [2.45, 2.75) is 0 Å². The maximum Gasteiger partial charge on any atom is 0.488 e. The van der Waals surface area contributed by atoms with E-state index >= 15 is 0 Å². The van der Waals surface area contributed by atoms with Gasteiger partial charge in [0.15, 0.2) is 5.75 Å². The van der Waals surface area contributed by atoms with Gasteiger partial charge in [-0.05, 0) is 0 Å². The zero-order valence-corrected chi connectivity index (χ0v) is 6.58. The molecule has 7 heteroatoms. The molecule has 0 aliphatic carbocycles. The molecule has 0 fully saturated rings. The monoisotopic (exact) mass is 192 g/mol. The number of pyridine rings is 1. The number of nitrogens with zero attached hydrogens (tertiary/aromatic N) is 1. The minimum Gasteiger partial charge on any atom is -0.384 e. The largest absolute Gasteiger partial charge is 0.488 e. The molecule has 0 aliphatic heterocycles. The number of hydrogen-bond acceptors (Lipinski definition) is 5. The standard InChI is InChI=1S/C5H5FN2O3S/c6-12(9,10)11-4-1-2-8-5(7)3-4/h1-3H,(H2,7,8). The van der Waals surface area contributed by atoms with Crippen LogP contribution in [0.1, 0.15) is 0 Å². The van der Waals surface area contributed by atoms with Gasteiger partial charge in [-0.1, -0.05) is 3.89 Å².